The van der Waals surface area contributed by atoms with Gasteiger partial charge in [0.25, 0.3) is 11.6 Å². The van der Waals surface area contributed by atoms with Crippen LogP contribution in [0.4, 0.5) is 11.4 Å². The number of carbonyl (C=O) groups is 1. The summed E-state index contributed by atoms with van der Waals surface area (Å²) in [5, 5.41) is 18.2. The molecule has 0 aliphatic carbocycles. The maximum absolute atomic E-state index is 12.7. The van der Waals surface area contributed by atoms with Crippen LogP contribution in [0.3, 0.4) is 0 Å². The summed E-state index contributed by atoms with van der Waals surface area (Å²) in [7, 11) is 0. The van der Waals surface area contributed by atoms with Crippen LogP contribution in [-0.4, -0.2) is 32.2 Å². The molecule has 0 bridgehead atoms. The van der Waals surface area contributed by atoms with Crippen molar-refractivity contribution in [3.05, 3.63) is 93.0 Å². The molecule has 0 saturated carbocycles. The van der Waals surface area contributed by atoms with E-state index in [1.807, 2.05) is 31.2 Å². The van der Waals surface area contributed by atoms with Crippen molar-refractivity contribution in [2.75, 3.05) is 11.9 Å². The smallest absolute Gasteiger partial charge is 0.336 e. The van der Waals surface area contributed by atoms with E-state index in [-0.39, 0.29) is 22.3 Å². The van der Waals surface area contributed by atoms with Gasteiger partial charge in [0, 0.05) is 23.4 Å². The van der Waals surface area contributed by atoms with E-state index in [2.05, 4.69) is 29.2 Å². The maximum atomic E-state index is 12.7. The van der Waals surface area contributed by atoms with Crippen molar-refractivity contribution < 1.29 is 14.5 Å². The average molecular weight is 506 g/mol. The van der Waals surface area contributed by atoms with Crippen molar-refractivity contribution in [2.24, 2.45) is 5.92 Å². The lowest BCUT2D eigenvalue weighted by molar-refractivity contribution is -0.384. The summed E-state index contributed by atoms with van der Waals surface area (Å²) in [6.45, 7) is 6.61. The summed E-state index contributed by atoms with van der Waals surface area (Å²) in [5.41, 5.74) is 3.22. The predicted octanol–water partition coefficient (Wildman–Crippen LogP) is 6.09. The van der Waals surface area contributed by atoms with Gasteiger partial charge in [-0.15, -0.1) is 5.10 Å². The number of rotatable bonds is 8. The zero-order chi connectivity index (χ0) is 25.8. The number of ether oxygens (including phenoxy) is 1. The number of amides is 1. The second kappa shape index (κ2) is 10.6. The highest BCUT2D eigenvalue weighted by atomic mass is 35.5. The van der Waals surface area contributed by atoms with Gasteiger partial charge in [0.2, 0.25) is 0 Å². The maximum Gasteiger partial charge on any atom is 0.336 e. The summed E-state index contributed by atoms with van der Waals surface area (Å²) >= 11 is 6.08. The molecule has 0 fully saturated rings. The van der Waals surface area contributed by atoms with Crippen LogP contribution in [0.1, 0.15) is 29.8 Å². The lowest BCUT2D eigenvalue weighted by atomic mass is 10.1. The summed E-state index contributed by atoms with van der Waals surface area (Å²) < 4.78 is 7.45. The monoisotopic (exact) mass is 505 g/mol. The fraction of sp³-hybridized carbons (Fsp3) is 0.192. The van der Waals surface area contributed by atoms with Gasteiger partial charge in [-0.3, -0.25) is 14.9 Å². The molecule has 1 N–H and O–H groups in total. The van der Waals surface area contributed by atoms with Crippen molar-refractivity contribution in [3.8, 4) is 23.1 Å². The molecular formula is C26H24ClN5O4. The quantitative estimate of drug-likeness (QED) is 0.229. The van der Waals surface area contributed by atoms with Crippen molar-refractivity contribution in [1.82, 2.24) is 14.8 Å². The van der Waals surface area contributed by atoms with E-state index >= 15 is 0 Å². The normalized spacial score (nSPS) is 10.9. The summed E-state index contributed by atoms with van der Waals surface area (Å²) in [5.74, 6) is 0.475. The van der Waals surface area contributed by atoms with Gasteiger partial charge in [-0.25, -0.2) is 4.68 Å². The summed E-state index contributed by atoms with van der Waals surface area (Å²) in [6, 6.07) is 19.0. The van der Waals surface area contributed by atoms with Gasteiger partial charge in [-0.05, 0) is 43.2 Å². The lowest BCUT2D eigenvalue weighted by Crippen LogP contribution is -2.12. The third-order valence-electron chi connectivity index (χ3n) is 5.22. The molecule has 4 rings (SSSR count). The van der Waals surface area contributed by atoms with Crippen LogP contribution in [0.2, 0.25) is 5.02 Å². The molecule has 36 heavy (non-hydrogen) atoms. The van der Waals surface area contributed by atoms with Crippen LogP contribution in [0.25, 0.3) is 17.1 Å². The summed E-state index contributed by atoms with van der Waals surface area (Å²) in [4.78, 5) is 27.6. The number of halogens is 1. The van der Waals surface area contributed by atoms with E-state index in [1.54, 1.807) is 28.9 Å². The Labute approximate surface area is 212 Å². The third-order valence-corrected chi connectivity index (χ3v) is 5.53. The van der Waals surface area contributed by atoms with Gasteiger partial charge in [0.1, 0.15) is 0 Å². The van der Waals surface area contributed by atoms with Gasteiger partial charge in [0.05, 0.1) is 27.8 Å². The second-order valence-electron chi connectivity index (χ2n) is 8.62. The average Bonchev–Trinajstić information content (AvgIpc) is 3.27. The lowest BCUT2D eigenvalue weighted by Gasteiger charge is -2.09. The molecule has 0 radical (unpaired) electrons. The second-order valence-corrected chi connectivity index (χ2v) is 9.03. The number of hydrogen-bond donors (Lipinski definition) is 1. The van der Waals surface area contributed by atoms with Gasteiger partial charge >= 0.3 is 6.01 Å². The molecule has 0 aliphatic heterocycles. The number of nitrogens with one attached hydrogen (secondary N) is 1. The fourth-order valence-corrected chi connectivity index (χ4v) is 3.61. The first kappa shape index (κ1) is 24.9. The molecule has 10 heteroatoms. The number of carbonyl (C=O) groups excluding carboxylic acids is 1. The molecule has 184 valence electrons. The van der Waals surface area contributed by atoms with Crippen LogP contribution in [-0.2, 0) is 0 Å². The molecule has 0 atom stereocenters. The number of aryl methyl sites for hydroxylation is 1. The first-order valence-corrected chi connectivity index (χ1v) is 11.6. The van der Waals surface area contributed by atoms with Crippen molar-refractivity contribution in [2.45, 2.75) is 20.8 Å². The van der Waals surface area contributed by atoms with E-state index in [4.69, 9.17) is 16.3 Å². The van der Waals surface area contributed by atoms with Crippen molar-refractivity contribution in [3.63, 3.8) is 0 Å². The Hall–Kier alpha value is -4.24. The molecule has 9 nitrogen and oxygen atoms in total. The molecule has 4 aromatic rings. The van der Waals surface area contributed by atoms with E-state index < -0.39 is 10.8 Å². The van der Waals surface area contributed by atoms with Crippen molar-refractivity contribution >= 4 is 28.9 Å². The first-order valence-electron chi connectivity index (χ1n) is 11.2. The van der Waals surface area contributed by atoms with E-state index in [0.717, 1.165) is 22.9 Å². The van der Waals surface area contributed by atoms with Crippen LogP contribution in [0, 0.1) is 23.0 Å². The Morgan fingerprint density at radius 1 is 1.11 bits per heavy atom. The van der Waals surface area contributed by atoms with Crippen LogP contribution in [0.15, 0.2) is 66.7 Å². The highest BCUT2D eigenvalue weighted by Gasteiger charge is 2.17. The first-order chi connectivity index (χ1) is 17.2. The molecule has 0 aliphatic rings. The Morgan fingerprint density at radius 3 is 2.42 bits per heavy atom. The minimum absolute atomic E-state index is 0.00222. The van der Waals surface area contributed by atoms with Gasteiger partial charge in [-0.2, -0.15) is 4.98 Å². The molecule has 0 spiro atoms. The Kier molecular flexibility index (Phi) is 7.30. The molecule has 1 aromatic heterocycles. The molecule has 0 saturated heterocycles. The number of hydrogen-bond acceptors (Lipinski definition) is 6. The van der Waals surface area contributed by atoms with Crippen molar-refractivity contribution in [1.29, 1.82) is 0 Å². The van der Waals surface area contributed by atoms with Gasteiger partial charge in [0.15, 0.2) is 5.82 Å². The predicted molar refractivity (Wildman–Crippen MR) is 138 cm³/mol. The summed E-state index contributed by atoms with van der Waals surface area (Å²) in [6.07, 6.45) is 0. The number of nitro benzene ring substituents is 1. The molecule has 0 unspecified atom stereocenters. The topological polar surface area (TPSA) is 112 Å². The molecule has 3 aromatic carbocycles. The Balaban J connectivity index is 1.59. The number of aromatic nitrogens is 3. The van der Waals surface area contributed by atoms with Gasteiger partial charge in [-0.1, -0.05) is 55.3 Å². The molecular weight excluding hydrogens is 482 g/mol. The number of non-ortho nitro benzene ring substituents is 1. The number of nitro groups is 1. The van der Waals surface area contributed by atoms with E-state index in [0.29, 0.717) is 24.0 Å². The van der Waals surface area contributed by atoms with E-state index in [9.17, 15) is 14.9 Å². The standard InChI is InChI=1S/C26H24ClN5O4/c1-16(2)15-36-26-29-24(18-6-4-17(3)5-7-18)31(30-26)20-10-8-19(9-11-20)28-25(33)22-13-12-21(32(34)35)14-23(22)27/h4-14,16H,15H2,1-3H3,(H,28,33). The number of benzene rings is 3. The minimum atomic E-state index is -0.569. The third kappa shape index (κ3) is 5.69. The Morgan fingerprint density at radius 2 is 1.81 bits per heavy atom. The SMILES string of the molecule is Cc1ccc(-c2nc(OCC(C)C)nn2-c2ccc(NC(=O)c3ccc([N+](=O)[O-])cc3Cl)cc2)cc1. The van der Waals surface area contributed by atoms with Crippen LogP contribution < -0.4 is 10.1 Å². The van der Waals surface area contributed by atoms with Gasteiger partial charge < -0.3 is 10.1 Å². The minimum Gasteiger partial charge on any atom is -0.462 e. The van der Waals surface area contributed by atoms with Crippen LogP contribution >= 0.6 is 11.6 Å². The molecule has 1 heterocycles. The number of nitrogens with zero attached hydrogens (tertiary/aromatic N) is 4. The largest absolute Gasteiger partial charge is 0.462 e. The zero-order valence-corrected chi connectivity index (χ0v) is 20.7. The number of anilines is 1. The fourth-order valence-electron chi connectivity index (χ4n) is 3.35. The zero-order valence-electron chi connectivity index (χ0n) is 19.9. The highest BCUT2D eigenvalue weighted by molar-refractivity contribution is 6.34. The molecule has 1 amide bonds. The highest BCUT2D eigenvalue weighted by Crippen LogP contribution is 2.26. The Bertz CT molecular complexity index is 1400. The van der Waals surface area contributed by atoms with Crippen LogP contribution in [0.5, 0.6) is 6.01 Å². The van der Waals surface area contributed by atoms with E-state index in [1.165, 1.54) is 12.1 Å².